The lowest BCUT2D eigenvalue weighted by Crippen LogP contribution is -2.42. The molecule has 2 aliphatic heterocycles. The van der Waals surface area contributed by atoms with Crippen LogP contribution in [0.2, 0.25) is 0 Å². The van der Waals surface area contributed by atoms with Crippen molar-refractivity contribution in [2.45, 2.75) is 50.4 Å². The number of nitrogens with one attached hydrogen (secondary N) is 2. The lowest BCUT2D eigenvalue weighted by Gasteiger charge is -2.29. The lowest BCUT2D eigenvalue weighted by atomic mass is 9.94. The molecule has 246 valence electrons. The molecule has 1 aliphatic carbocycles. The molecule has 5 rings (SSSR count). The third kappa shape index (κ3) is 8.37. The Morgan fingerprint density at radius 2 is 1.93 bits per heavy atom. The number of allylic oxidation sites excluding steroid dienone is 4. The van der Waals surface area contributed by atoms with Crippen molar-refractivity contribution in [1.82, 2.24) is 24.3 Å². The molecule has 3 aliphatic rings. The van der Waals surface area contributed by atoms with Crippen LogP contribution in [0.4, 0.5) is 19.4 Å². The molecule has 2 amide bonds. The van der Waals surface area contributed by atoms with Crippen molar-refractivity contribution in [1.29, 1.82) is 0 Å². The van der Waals surface area contributed by atoms with E-state index >= 15 is 0 Å². The molecule has 1 aromatic carbocycles. The first-order valence-corrected chi connectivity index (χ1v) is 17.6. The maximum Gasteiger partial charge on any atom is 0.320 e. The zero-order chi connectivity index (χ0) is 32.1. The Kier molecular flexibility index (Phi) is 11.1. The Hall–Kier alpha value is -2.69. The van der Waals surface area contributed by atoms with E-state index in [1.54, 1.807) is 17.9 Å². The van der Waals surface area contributed by atoms with Gasteiger partial charge >= 0.3 is 6.03 Å². The van der Waals surface area contributed by atoms with Crippen LogP contribution in [0.3, 0.4) is 0 Å². The van der Waals surface area contributed by atoms with Crippen LogP contribution in [0.25, 0.3) is 5.70 Å². The molecule has 0 bridgehead atoms. The van der Waals surface area contributed by atoms with Gasteiger partial charge in [-0.3, -0.25) is 10.2 Å². The highest BCUT2D eigenvalue weighted by Crippen LogP contribution is 2.33. The van der Waals surface area contributed by atoms with Crippen LogP contribution in [-0.2, 0) is 26.1 Å². The van der Waals surface area contributed by atoms with Crippen molar-refractivity contribution in [3.8, 4) is 0 Å². The number of amides is 2. The van der Waals surface area contributed by atoms with Crippen molar-refractivity contribution >= 4 is 43.5 Å². The summed E-state index contributed by atoms with van der Waals surface area (Å²) >= 11 is 3.63. The van der Waals surface area contributed by atoms with E-state index in [1.165, 1.54) is 16.6 Å². The number of urea groups is 1. The molecule has 0 radical (unpaired) electrons. The number of carbonyl (C=O) groups excluding carboxylic acids is 1. The zero-order valence-electron chi connectivity index (χ0n) is 25.3. The van der Waals surface area contributed by atoms with Gasteiger partial charge in [0.2, 0.25) is 10.0 Å². The number of ether oxygens (including phenoxy) is 2. The van der Waals surface area contributed by atoms with Gasteiger partial charge in [-0.05, 0) is 65.4 Å². The summed E-state index contributed by atoms with van der Waals surface area (Å²) in [4.78, 5) is 15.6. The van der Waals surface area contributed by atoms with Gasteiger partial charge in [-0.15, -0.1) is 0 Å². The summed E-state index contributed by atoms with van der Waals surface area (Å²) in [5, 5.41) is 10.8. The molecule has 0 saturated carbocycles. The second-order valence-corrected chi connectivity index (χ2v) is 14.3. The smallest absolute Gasteiger partial charge is 0.320 e. The Labute approximate surface area is 270 Å². The highest BCUT2D eigenvalue weighted by molar-refractivity contribution is 9.10. The molecule has 2 saturated heterocycles. The van der Waals surface area contributed by atoms with E-state index < -0.39 is 27.7 Å². The summed E-state index contributed by atoms with van der Waals surface area (Å²) in [6, 6.07) is 3.01. The largest absolute Gasteiger partial charge is 0.383 e. The van der Waals surface area contributed by atoms with E-state index in [0.717, 1.165) is 24.6 Å². The predicted molar refractivity (Wildman–Crippen MR) is 170 cm³/mol. The van der Waals surface area contributed by atoms with Crippen LogP contribution in [0.15, 0.2) is 40.9 Å². The van der Waals surface area contributed by atoms with Gasteiger partial charge in [-0.25, -0.2) is 31.0 Å². The third-order valence-corrected chi connectivity index (χ3v) is 10.5. The summed E-state index contributed by atoms with van der Waals surface area (Å²) in [6.07, 6.45) is 10.0. The van der Waals surface area contributed by atoms with Gasteiger partial charge in [0.25, 0.3) is 0 Å². The SMILES string of the molecule is COCCN1C[C@@H](NC(=O)Nc2c(Br)c(COC3CCN(S(C)(=O)=O)CC3)nn2C2=CCCC=C2)[C@H](c2ccc(F)c(F)c2)C1. The highest BCUT2D eigenvalue weighted by atomic mass is 79.9. The first-order chi connectivity index (χ1) is 21.5. The number of piperidine rings is 1. The molecule has 45 heavy (non-hydrogen) atoms. The number of carbonyl (C=O) groups is 1. The van der Waals surface area contributed by atoms with Gasteiger partial charge < -0.3 is 14.8 Å². The Bertz CT molecular complexity index is 1540. The summed E-state index contributed by atoms with van der Waals surface area (Å²) in [5.74, 6) is -1.69. The number of hydrogen-bond donors (Lipinski definition) is 2. The summed E-state index contributed by atoms with van der Waals surface area (Å²) in [7, 11) is -1.62. The normalized spacial score (nSPS) is 21.7. The number of anilines is 1. The lowest BCUT2D eigenvalue weighted by molar-refractivity contribution is 0.00844. The molecular weight excluding hydrogens is 674 g/mol. The number of methoxy groups -OCH3 is 1. The fourth-order valence-electron chi connectivity index (χ4n) is 5.94. The molecule has 0 spiro atoms. The molecule has 0 unspecified atom stereocenters. The monoisotopic (exact) mass is 712 g/mol. The number of nitrogens with zero attached hydrogens (tertiary/aromatic N) is 4. The molecule has 2 atom stereocenters. The number of benzene rings is 1. The van der Waals surface area contributed by atoms with E-state index in [9.17, 15) is 22.0 Å². The highest BCUT2D eigenvalue weighted by Gasteiger charge is 2.35. The minimum Gasteiger partial charge on any atom is -0.383 e. The maximum atomic E-state index is 14.2. The number of halogens is 3. The predicted octanol–water partition coefficient (Wildman–Crippen LogP) is 4.29. The van der Waals surface area contributed by atoms with E-state index in [4.69, 9.17) is 14.6 Å². The van der Waals surface area contributed by atoms with Gasteiger partial charge in [0.15, 0.2) is 17.5 Å². The number of likely N-dealkylation sites (tertiary alicyclic amines) is 1. The number of hydrogen-bond acceptors (Lipinski definition) is 7. The molecule has 2 aromatic rings. The Morgan fingerprint density at radius 3 is 2.60 bits per heavy atom. The molecule has 1 aromatic heterocycles. The van der Waals surface area contributed by atoms with Crippen LogP contribution in [0, 0.1) is 11.6 Å². The van der Waals surface area contributed by atoms with Crippen molar-refractivity contribution in [2.75, 3.05) is 58.0 Å². The first kappa shape index (κ1) is 33.7. The van der Waals surface area contributed by atoms with Crippen LogP contribution in [0.1, 0.15) is 42.9 Å². The number of aromatic nitrogens is 2. The van der Waals surface area contributed by atoms with E-state index in [-0.39, 0.29) is 24.7 Å². The summed E-state index contributed by atoms with van der Waals surface area (Å²) in [6.45, 7) is 3.15. The standard InChI is InChI=1S/C30H39BrF2N6O5S/c1-43-15-14-37-17-23(20-8-9-24(32)25(33)16-20)26(18-37)34-30(40)35-29-28(31)27(36-39(29)21-6-4-3-5-7-21)19-44-22-10-12-38(13-11-22)45(2,41)42/h4,6-9,16,22-23,26H,3,5,10-15,17-19H2,1-2H3,(H2,34,35,40)/t23-,26+/m0/s1. The van der Waals surface area contributed by atoms with E-state index in [2.05, 4.69) is 31.5 Å². The molecular formula is C30H39BrF2N6O5S. The van der Waals surface area contributed by atoms with Crippen molar-refractivity contribution < 1.29 is 31.5 Å². The molecule has 2 N–H and O–H groups in total. The van der Waals surface area contributed by atoms with Gasteiger partial charge in [0, 0.05) is 45.8 Å². The minimum atomic E-state index is -3.23. The fraction of sp³-hybridized carbons (Fsp3) is 0.533. The molecule has 11 nitrogen and oxygen atoms in total. The first-order valence-electron chi connectivity index (χ1n) is 15.0. The van der Waals surface area contributed by atoms with E-state index in [0.29, 0.717) is 73.7 Å². The van der Waals surface area contributed by atoms with Gasteiger partial charge in [-0.2, -0.15) is 5.10 Å². The second kappa shape index (κ2) is 14.8. The Morgan fingerprint density at radius 1 is 1.16 bits per heavy atom. The maximum absolute atomic E-state index is 14.2. The van der Waals surface area contributed by atoms with E-state index in [1.807, 2.05) is 18.2 Å². The van der Waals surface area contributed by atoms with Crippen LogP contribution >= 0.6 is 15.9 Å². The van der Waals surface area contributed by atoms with Crippen LogP contribution in [-0.4, -0.2) is 98.3 Å². The van der Waals surface area contributed by atoms with Crippen molar-refractivity contribution in [3.63, 3.8) is 0 Å². The fourth-order valence-corrected chi connectivity index (χ4v) is 7.28. The minimum absolute atomic E-state index is 0.120. The molecule has 15 heteroatoms. The molecule has 3 heterocycles. The van der Waals surface area contributed by atoms with Crippen LogP contribution < -0.4 is 10.6 Å². The van der Waals surface area contributed by atoms with Gasteiger partial charge in [0.1, 0.15) is 5.69 Å². The van der Waals surface area contributed by atoms with Gasteiger partial charge in [0.05, 0.1) is 41.8 Å². The molecule has 2 fully saturated rings. The van der Waals surface area contributed by atoms with Crippen molar-refractivity contribution in [3.05, 3.63) is 63.8 Å². The van der Waals surface area contributed by atoms with Crippen LogP contribution in [0.5, 0.6) is 0 Å². The zero-order valence-corrected chi connectivity index (χ0v) is 27.7. The topological polar surface area (TPSA) is 118 Å². The summed E-state index contributed by atoms with van der Waals surface area (Å²) < 4.78 is 66.6. The second-order valence-electron chi connectivity index (χ2n) is 11.5. The Balaban J connectivity index is 1.31. The quantitative estimate of drug-likeness (QED) is 0.357. The number of rotatable bonds is 11. The summed E-state index contributed by atoms with van der Waals surface area (Å²) in [5.41, 5.74) is 1.99. The number of sulfonamides is 1. The van der Waals surface area contributed by atoms with Gasteiger partial charge in [-0.1, -0.05) is 18.2 Å². The van der Waals surface area contributed by atoms with Crippen molar-refractivity contribution in [2.24, 2.45) is 0 Å². The average molecular weight is 714 g/mol. The third-order valence-electron chi connectivity index (χ3n) is 8.37. The average Bonchev–Trinajstić information content (AvgIpc) is 3.56.